The molecular weight excluding hydrogens is 300 g/mol. The lowest BCUT2D eigenvalue weighted by atomic mass is 9.55. The van der Waals surface area contributed by atoms with E-state index in [-0.39, 0.29) is 5.41 Å². The molecule has 0 aliphatic heterocycles. The van der Waals surface area contributed by atoms with Crippen LogP contribution >= 0.6 is 0 Å². The van der Waals surface area contributed by atoms with Crippen molar-refractivity contribution >= 4 is 0 Å². The predicted octanol–water partition coefficient (Wildman–Crippen LogP) is 3.66. The van der Waals surface area contributed by atoms with Gasteiger partial charge in [0, 0.05) is 0 Å². The first-order chi connectivity index (χ1) is 11.4. The van der Waals surface area contributed by atoms with Crippen LogP contribution in [0.3, 0.4) is 0 Å². The third-order valence-corrected chi connectivity index (χ3v) is 7.69. The maximum Gasteiger partial charge on any atom is 0.119 e. The highest BCUT2D eigenvalue weighted by Crippen LogP contribution is 2.63. The molecule has 132 valence electrons. The molecule has 0 heterocycles. The fraction of sp³-hybridized carbons (Fsp3) is 0.714. The Kier molecular flexibility index (Phi) is 3.74. The van der Waals surface area contributed by atoms with E-state index in [9.17, 15) is 10.2 Å². The first kappa shape index (κ1) is 16.4. The van der Waals surface area contributed by atoms with Crippen LogP contribution in [0.4, 0.5) is 0 Å². The van der Waals surface area contributed by atoms with Gasteiger partial charge in [-0.2, -0.15) is 0 Å². The van der Waals surface area contributed by atoms with E-state index in [1.54, 1.807) is 7.11 Å². The summed E-state index contributed by atoms with van der Waals surface area (Å²) < 4.78 is 5.39. The Morgan fingerprint density at radius 1 is 1.29 bits per heavy atom. The summed E-state index contributed by atoms with van der Waals surface area (Å²) in [5.74, 6) is 2.53. The Labute approximate surface area is 145 Å². The Hall–Kier alpha value is -1.06. The average molecular weight is 330 g/mol. The predicted molar refractivity (Wildman–Crippen MR) is 94.2 cm³/mol. The van der Waals surface area contributed by atoms with Gasteiger partial charge in [-0.05, 0) is 85.0 Å². The molecule has 2 fully saturated rings. The molecule has 2 N–H and O–H groups in total. The number of aryl methyl sites for hydroxylation is 1. The number of ether oxygens (including phenoxy) is 1. The summed E-state index contributed by atoms with van der Waals surface area (Å²) in [4.78, 5) is 0. The maximum absolute atomic E-state index is 11.0. The topological polar surface area (TPSA) is 49.7 Å². The molecule has 0 aromatic heterocycles. The number of methoxy groups -OCH3 is 1. The molecule has 1 aromatic rings. The van der Waals surface area contributed by atoms with Gasteiger partial charge in [0.2, 0.25) is 0 Å². The molecule has 0 unspecified atom stereocenters. The van der Waals surface area contributed by atoms with Gasteiger partial charge in [0.15, 0.2) is 0 Å². The lowest BCUT2D eigenvalue weighted by molar-refractivity contribution is -0.101. The van der Waals surface area contributed by atoms with Gasteiger partial charge >= 0.3 is 0 Å². The first-order valence-corrected chi connectivity index (χ1v) is 9.50. The molecule has 24 heavy (non-hydrogen) atoms. The number of hydrogen-bond acceptors (Lipinski definition) is 3. The smallest absolute Gasteiger partial charge is 0.119 e. The molecule has 0 radical (unpaired) electrons. The molecule has 3 aliphatic carbocycles. The van der Waals surface area contributed by atoms with E-state index in [4.69, 9.17) is 4.74 Å². The summed E-state index contributed by atoms with van der Waals surface area (Å²) in [6.45, 7) is 4.22. The fourth-order valence-electron chi connectivity index (χ4n) is 6.20. The molecule has 1 aromatic carbocycles. The normalized spacial score (nSPS) is 43.7. The molecule has 4 rings (SSSR count). The second-order valence-electron chi connectivity index (χ2n) is 8.59. The van der Waals surface area contributed by atoms with Crippen molar-refractivity contribution in [1.82, 2.24) is 0 Å². The monoisotopic (exact) mass is 330 g/mol. The standard InChI is InChI=1S/C21H30O3/c1-4-21(23)12-18-17-7-5-13-11-14(24-3)6-8-15(13)16(17)9-10-20(18,2)19(21)22/h6,8,11,16-19,22-23H,4-5,7,9-10,12H2,1-3H3/t16-,17+,18+,19-,20-,21-/m0/s1. The van der Waals surface area contributed by atoms with Crippen LogP contribution in [-0.2, 0) is 6.42 Å². The van der Waals surface area contributed by atoms with E-state index < -0.39 is 11.7 Å². The van der Waals surface area contributed by atoms with Crippen LogP contribution in [-0.4, -0.2) is 29.0 Å². The molecule has 3 nitrogen and oxygen atoms in total. The zero-order valence-corrected chi connectivity index (χ0v) is 15.1. The molecule has 3 heteroatoms. The Bertz CT molecular complexity index is 642. The lowest BCUT2D eigenvalue weighted by Gasteiger charge is -2.50. The van der Waals surface area contributed by atoms with Crippen LogP contribution in [0.15, 0.2) is 18.2 Å². The van der Waals surface area contributed by atoms with Gasteiger partial charge in [0.05, 0.1) is 18.8 Å². The SMILES string of the molecule is CC[C@]1(O)C[C@@H]2[C@@H]3CCc4cc(OC)ccc4[C@@H]3CC[C@]2(C)[C@@H]1O. The van der Waals surface area contributed by atoms with Crippen LogP contribution in [0.5, 0.6) is 5.75 Å². The Morgan fingerprint density at radius 2 is 2.08 bits per heavy atom. The lowest BCUT2D eigenvalue weighted by Crippen LogP contribution is -2.47. The summed E-state index contributed by atoms with van der Waals surface area (Å²) in [7, 11) is 1.73. The van der Waals surface area contributed by atoms with E-state index in [2.05, 4.69) is 25.1 Å². The second-order valence-corrected chi connectivity index (χ2v) is 8.59. The summed E-state index contributed by atoms with van der Waals surface area (Å²) in [5, 5.41) is 21.8. The van der Waals surface area contributed by atoms with Crippen LogP contribution in [0, 0.1) is 17.3 Å². The van der Waals surface area contributed by atoms with Gasteiger partial charge in [-0.25, -0.2) is 0 Å². The highest BCUT2D eigenvalue weighted by atomic mass is 16.5. The molecule has 0 amide bonds. The minimum absolute atomic E-state index is 0.129. The van der Waals surface area contributed by atoms with Crippen LogP contribution in [0.25, 0.3) is 0 Å². The maximum atomic E-state index is 11.0. The van der Waals surface area contributed by atoms with E-state index >= 15 is 0 Å². The number of fused-ring (bicyclic) bond motifs is 5. The highest BCUT2D eigenvalue weighted by molar-refractivity contribution is 5.41. The number of benzene rings is 1. The van der Waals surface area contributed by atoms with Crippen LogP contribution < -0.4 is 4.74 Å². The van der Waals surface area contributed by atoms with Crippen molar-refractivity contribution in [1.29, 1.82) is 0 Å². The molecule has 0 bridgehead atoms. The first-order valence-electron chi connectivity index (χ1n) is 9.50. The van der Waals surface area contributed by atoms with Crippen molar-refractivity contribution < 1.29 is 14.9 Å². The number of hydrogen-bond donors (Lipinski definition) is 2. The summed E-state index contributed by atoms with van der Waals surface area (Å²) in [5.41, 5.74) is 1.89. The van der Waals surface area contributed by atoms with E-state index in [0.717, 1.165) is 37.9 Å². The number of aliphatic hydroxyl groups excluding tert-OH is 1. The Balaban J connectivity index is 1.69. The summed E-state index contributed by atoms with van der Waals surface area (Å²) in [6, 6.07) is 6.54. The van der Waals surface area contributed by atoms with Gasteiger partial charge in [-0.1, -0.05) is 19.9 Å². The van der Waals surface area contributed by atoms with Gasteiger partial charge in [-0.15, -0.1) is 0 Å². The Morgan fingerprint density at radius 3 is 2.79 bits per heavy atom. The van der Waals surface area contributed by atoms with Crippen molar-refractivity contribution in [2.45, 2.75) is 70.0 Å². The number of aliphatic hydroxyl groups is 2. The van der Waals surface area contributed by atoms with Crippen molar-refractivity contribution in [3.8, 4) is 5.75 Å². The quantitative estimate of drug-likeness (QED) is 0.870. The van der Waals surface area contributed by atoms with Crippen molar-refractivity contribution in [2.75, 3.05) is 7.11 Å². The summed E-state index contributed by atoms with van der Waals surface area (Å²) in [6.07, 6.45) is 5.19. The third-order valence-electron chi connectivity index (χ3n) is 7.69. The van der Waals surface area contributed by atoms with Gasteiger partial charge in [0.1, 0.15) is 5.75 Å². The summed E-state index contributed by atoms with van der Waals surface area (Å²) >= 11 is 0. The second kappa shape index (κ2) is 5.47. The molecule has 2 saturated carbocycles. The van der Waals surface area contributed by atoms with Gasteiger partial charge in [-0.3, -0.25) is 0 Å². The molecule has 0 spiro atoms. The van der Waals surface area contributed by atoms with E-state index in [1.807, 2.05) is 6.92 Å². The molecule has 3 aliphatic rings. The van der Waals surface area contributed by atoms with Crippen molar-refractivity contribution in [2.24, 2.45) is 17.3 Å². The van der Waals surface area contributed by atoms with Crippen LogP contribution in [0.2, 0.25) is 0 Å². The average Bonchev–Trinajstić information content (AvgIpc) is 2.82. The zero-order chi connectivity index (χ0) is 17.1. The highest BCUT2D eigenvalue weighted by Gasteiger charge is 2.62. The molecule has 6 atom stereocenters. The van der Waals surface area contributed by atoms with Gasteiger partial charge < -0.3 is 14.9 Å². The van der Waals surface area contributed by atoms with E-state index in [1.165, 1.54) is 11.1 Å². The largest absolute Gasteiger partial charge is 0.497 e. The van der Waals surface area contributed by atoms with Crippen molar-refractivity contribution in [3.63, 3.8) is 0 Å². The third kappa shape index (κ3) is 2.10. The molecular formula is C21H30O3. The fourth-order valence-corrected chi connectivity index (χ4v) is 6.20. The minimum atomic E-state index is -0.894. The van der Waals surface area contributed by atoms with E-state index in [0.29, 0.717) is 24.2 Å². The van der Waals surface area contributed by atoms with Gasteiger partial charge in [0.25, 0.3) is 0 Å². The van der Waals surface area contributed by atoms with Crippen molar-refractivity contribution in [3.05, 3.63) is 29.3 Å². The minimum Gasteiger partial charge on any atom is -0.497 e. The van der Waals surface area contributed by atoms with Crippen LogP contribution in [0.1, 0.15) is 63.0 Å². The number of rotatable bonds is 2. The zero-order valence-electron chi connectivity index (χ0n) is 15.1. The molecule has 0 saturated heterocycles.